The molecule has 2 aliphatic rings. The summed E-state index contributed by atoms with van der Waals surface area (Å²) in [5, 5.41) is 3.33. The number of likely N-dealkylation sites (N-methyl/N-ethyl adjacent to an activating group) is 1. The molecule has 2 fully saturated rings. The van der Waals surface area contributed by atoms with E-state index in [9.17, 15) is 0 Å². The molecule has 1 N–H and O–H groups in total. The van der Waals surface area contributed by atoms with Gasteiger partial charge in [-0.1, -0.05) is 12.8 Å². The third kappa shape index (κ3) is 2.45. The van der Waals surface area contributed by atoms with Gasteiger partial charge in [-0.15, -0.1) is 0 Å². The Kier molecular flexibility index (Phi) is 3.66. The molecule has 18 heavy (non-hydrogen) atoms. The molecule has 0 radical (unpaired) electrons. The van der Waals surface area contributed by atoms with Gasteiger partial charge in [0.05, 0.1) is 6.33 Å². The van der Waals surface area contributed by atoms with E-state index < -0.39 is 0 Å². The van der Waals surface area contributed by atoms with Crippen molar-refractivity contribution in [1.29, 1.82) is 0 Å². The van der Waals surface area contributed by atoms with E-state index in [4.69, 9.17) is 0 Å². The second-order valence-electron chi connectivity index (χ2n) is 5.79. The van der Waals surface area contributed by atoms with Crippen molar-refractivity contribution in [2.75, 3.05) is 26.7 Å². The Bertz CT molecular complexity index is 377. The van der Waals surface area contributed by atoms with Gasteiger partial charge in [-0.05, 0) is 19.9 Å². The van der Waals surface area contributed by atoms with Crippen LogP contribution in [0.25, 0.3) is 0 Å². The minimum atomic E-state index is 0.685. The zero-order valence-electron chi connectivity index (χ0n) is 11.3. The number of nitrogens with one attached hydrogen (secondary N) is 1. The highest BCUT2D eigenvalue weighted by Crippen LogP contribution is 2.23. The summed E-state index contributed by atoms with van der Waals surface area (Å²) in [7, 11) is 2.28. The van der Waals surface area contributed by atoms with Crippen molar-refractivity contribution in [3.63, 3.8) is 0 Å². The van der Waals surface area contributed by atoms with Gasteiger partial charge in [0.2, 0.25) is 0 Å². The standard InChI is InChI=1S/C14H24N4/c1-17(13-4-2-3-5-13)6-7-18-11-16-10-14(18)12-8-15-9-12/h10-13,15H,2-9H2,1H3. The Morgan fingerprint density at radius 3 is 2.83 bits per heavy atom. The van der Waals surface area contributed by atoms with E-state index in [0.717, 1.165) is 32.2 Å². The van der Waals surface area contributed by atoms with Crippen molar-refractivity contribution in [3.05, 3.63) is 18.2 Å². The number of aromatic nitrogens is 2. The Labute approximate surface area is 109 Å². The third-order valence-corrected chi connectivity index (χ3v) is 4.59. The molecule has 1 saturated carbocycles. The van der Waals surface area contributed by atoms with Crippen LogP contribution in [-0.4, -0.2) is 47.2 Å². The summed E-state index contributed by atoms with van der Waals surface area (Å²) in [5.74, 6) is 0.685. The number of imidazole rings is 1. The van der Waals surface area contributed by atoms with E-state index in [0.29, 0.717) is 5.92 Å². The number of hydrogen-bond donors (Lipinski definition) is 1. The number of rotatable bonds is 5. The Balaban J connectivity index is 1.54. The van der Waals surface area contributed by atoms with E-state index in [1.807, 2.05) is 12.5 Å². The second-order valence-corrected chi connectivity index (χ2v) is 5.79. The first-order valence-electron chi connectivity index (χ1n) is 7.25. The molecule has 1 saturated heterocycles. The summed E-state index contributed by atoms with van der Waals surface area (Å²) in [5.41, 5.74) is 1.41. The van der Waals surface area contributed by atoms with E-state index >= 15 is 0 Å². The summed E-state index contributed by atoms with van der Waals surface area (Å²) in [6.45, 7) is 4.46. The highest BCUT2D eigenvalue weighted by Gasteiger charge is 2.23. The van der Waals surface area contributed by atoms with Crippen LogP contribution in [0.15, 0.2) is 12.5 Å². The van der Waals surface area contributed by atoms with Crippen LogP contribution in [0, 0.1) is 0 Å². The summed E-state index contributed by atoms with van der Waals surface area (Å²) in [4.78, 5) is 6.85. The normalized spacial score (nSPS) is 21.7. The first kappa shape index (κ1) is 12.2. The Morgan fingerprint density at radius 2 is 2.17 bits per heavy atom. The Morgan fingerprint density at radius 1 is 1.39 bits per heavy atom. The summed E-state index contributed by atoms with van der Waals surface area (Å²) in [6.07, 6.45) is 9.65. The lowest BCUT2D eigenvalue weighted by Gasteiger charge is -2.29. The van der Waals surface area contributed by atoms with Crippen molar-refractivity contribution < 1.29 is 0 Å². The molecule has 0 amide bonds. The molecule has 0 unspecified atom stereocenters. The average Bonchev–Trinajstić information content (AvgIpc) is 2.95. The SMILES string of the molecule is CN(CCn1cncc1C1CNC1)C1CCCC1. The summed E-state index contributed by atoms with van der Waals surface area (Å²) in [6, 6.07) is 0.822. The molecule has 3 rings (SSSR count). The molecule has 4 heteroatoms. The van der Waals surface area contributed by atoms with Crippen molar-refractivity contribution >= 4 is 0 Å². The van der Waals surface area contributed by atoms with E-state index in [1.54, 1.807) is 0 Å². The zero-order chi connectivity index (χ0) is 12.4. The highest BCUT2D eigenvalue weighted by atomic mass is 15.2. The highest BCUT2D eigenvalue weighted by molar-refractivity contribution is 5.11. The maximum atomic E-state index is 4.32. The van der Waals surface area contributed by atoms with Crippen LogP contribution < -0.4 is 5.32 Å². The molecule has 0 bridgehead atoms. The van der Waals surface area contributed by atoms with Crippen LogP contribution in [0.1, 0.15) is 37.3 Å². The van der Waals surface area contributed by atoms with Gasteiger partial charge in [-0.3, -0.25) is 0 Å². The molecule has 2 heterocycles. The van der Waals surface area contributed by atoms with Gasteiger partial charge in [-0.25, -0.2) is 4.98 Å². The lowest BCUT2D eigenvalue weighted by atomic mass is 10.00. The Hall–Kier alpha value is -0.870. The van der Waals surface area contributed by atoms with Crippen LogP contribution >= 0.6 is 0 Å². The fraction of sp³-hybridized carbons (Fsp3) is 0.786. The van der Waals surface area contributed by atoms with Gasteiger partial charge in [0.1, 0.15) is 0 Å². The molecule has 0 aromatic carbocycles. The van der Waals surface area contributed by atoms with Gasteiger partial charge >= 0.3 is 0 Å². The van der Waals surface area contributed by atoms with E-state index in [2.05, 4.69) is 26.8 Å². The quantitative estimate of drug-likeness (QED) is 0.856. The first-order valence-corrected chi connectivity index (χ1v) is 7.25. The lowest BCUT2D eigenvalue weighted by molar-refractivity contribution is 0.234. The fourth-order valence-electron chi connectivity index (χ4n) is 3.15. The van der Waals surface area contributed by atoms with Crippen LogP contribution in [0.2, 0.25) is 0 Å². The summed E-state index contributed by atoms with van der Waals surface area (Å²) < 4.78 is 2.34. The molecule has 1 aromatic rings. The summed E-state index contributed by atoms with van der Waals surface area (Å²) >= 11 is 0. The van der Waals surface area contributed by atoms with Crippen LogP contribution in [0.5, 0.6) is 0 Å². The fourth-order valence-corrected chi connectivity index (χ4v) is 3.15. The van der Waals surface area contributed by atoms with Gasteiger partial charge < -0.3 is 14.8 Å². The van der Waals surface area contributed by atoms with Gasteiger partial charge in [-0.2, -0.15) is 0 Å². The molecule has 1 aromatic heterocycles. The smallest absolute Gasteiger partial charge is 0.0948 e. The molecule has 1 aliphatic heterocycles. The van der Waals surface area contributed by atoms with Crippen molar-refractivity contribution in [1.82, 2.24) is 19.8 Å². The molecular weight excluding hydrogens is 224 g/mol. The molecule has 100 valence electrons. The zero-order valence-corrected chi connectivity index (χ0v) is 11.3. The van der Waals surface area contributed by atoms with Crippen LogP contribution in [0.4, 0.5) is 0 Å². The molecule has 4 nitrogen and oxygen atoms in total. The van der Waals surface area contributed by atoms with Crippen molar-refractivity contribution in [2.24, 2.45) is 0 Å². The van der Waals surface area contributed by atoms with Gasteiger partial charge in [0.15, 0.2) is 0 Å². The minimum Gasteiger partial charge on any atom is -0.333 e. The van der Waals surface area contributed by atoms with Crippen LogP contribution in [-0.2, 0) is 6.54 Å². The number of nitrogens with zero attached hydrogens (tertiary/aromatic N) is 3. The average molecular weight is 248 g/mol. The topological polar surface area (TPSA) is 33.1 Å². The third-order valence-electron chi connectivity index (χ3n) is 4.59. The largest absolute Gasteiger partial charge is 0.333 e. The monoisotopic (exact) mass is 248 g/mol. The van der Waals surface area contributed by atoms with Crippen molar-refractivity contribution in [2.45, 2.75) is 44.2 Å². The second kappa shape index (κ2) is 5.41. The maximum absolute atomic E-state index is 4.32. The maximum Gasteiger partial charge on any atom is 0.0948 e. The van der Waals surface area contributed by atoms with Gasteiger partial charge in [0, 0.05) is 50.0 Å². The lowest BCUT2D eigenvalue weighted by Crippen LogP contribution is -2.41. The predicted molar refractivity (Wildman–Crippen MR) is 72.7 cm³/mol. The van der Waals surface area contributed by atoms with Crippen molar-refractivity contribution in [3.8, 4) is 0 Å². The van der Waals surface area contributed by atoms with E-state index in [1.165, 1.54) is 31.4 Å². The molecular formula is C14H24N4. The van der Waals surface area contributed by atoms with Gasteiger partial charge in [0.25, 0.3) is 0 Å². The van der Waals surface area contributed by atoms with E-state index in [-0.39, 0.29) is 0 Å². The first-order chi connectivity index (χ1) is 8.84. The minimum absolute atomic E-state index is 0.685. The number of hydrogen-bond acceptors (Lipinski definition) is 3. The van der Waals surface area contributed by atoms with Crippen LogP contribution in [0.3, 0.4) is 0 Å². The molecule has 1 aliphatic carbocycles. The molecule has 0 spiro atoms. The predicted octanol–water partition coefficient (Wildman–Crippen LogP) is 1.44. The molecule has 0 atom stereocenters.